The van der Waals surface area contributed by atoms with Gasteiger partial charge in [-0.15, -0.1) is 10.2 Å². The zero-order chi connectivity index (χ0) is 13.1. The molecule has 0 unspecified atom stereocenters. The van der Waals surface area contributed by atoms with Gasteiger partial charge in [-0.1, -0.05) is 0 Å². The molecule has 18 heavy (non-hydrogen) atoms. The van der Waals surface area contributed by atoms with Crippen LogP contribution in [0, 0.1) is 10.1 Å². The van der Waals surface area contributed by atoms with Crippen LogP contribution in [-0.4, -0.2) is 35.5 Å². The van der Waals surface area contributed by atoms with Crippen molar-refractivity contribution in [2.45, 2.75) is 13.0 Å². The van der Waals surface area contributed by atoms with E-state index in [0.717, 1.165) is 6.20 Å². The summed E-state index contributed by atoms with van der Waals surface area (Å²) in [5, 5.41) is 21.3. The molecule has 2 heterocycles. The largest absolute Gasteiger partial charge is 0.307 e. The second kappa shape index (κ2) is 4.61. The molecule has 0 spiro atoms. The Morgan fingerprint density at radius 2 is 2.17 bits per heavy atom. The van der Waals surface area contributed by atoms with Gasteiger partial charge in [0.05, 0.1) is 4.92 Å². The van der Waals surface area contributed by atoms with Gasteiger partial charge in [-0.25, -0.2) is 4.68 Å². The van der Waals surface area contributed by atoms with E-state index in [1.807, 2.05) is 0 Å². The molecule has 1 N–H and O–H groups in total. The predicted molar refractivity (Wildman–Crippen MR) is 58.0 cm³/mol. The van der Waals surface area contributed by atoms with Crippen molar-refractivity contribution in [3.63, 3.8) is 0 Å². The maximum Gasteiger partial charge on any atom is 0.307 e. The van der Waals surface area contributed by atoms with Crippen LogP contribution in [0.4, 0.5) is 5.69 Å². The van der Waals surface area contributed by atoms with Crippen LogP contribution in [0.2, 0.25) is 0 Å². The summed E-state index contributed by atoms with van der Waals surface area (Å²) in [6.07, 6.45) is 4.91. The first-order valence-corrected chi connectivity index (χ1v) is 4.92. The molecule has 0 saturated heterocycles. The highest BCUT2D eigenvalue weighted by atomic mass is 16.6. The third-order valence-corrected chi connectivity index (χ3v) is 2.23. The molecule has 0 aliphatic carbocycles. The van der Waals surface area contributed by atoms with E-state index in [9.17, 15) is 14.9 Å². The molecular weight excluding hydrogens is 242 g/mol. The monoisotopic (exact) mass is 251 g/mol. The molecule has 0 aliphatic heterocycles. The van der Waals surface area contributed by atoms with Crippen molar-refractivity contribution in [1.29, 1.82) is 0 Å². The molecule has 0 bridgehead atoms. The molecule has 10 heteroatoms. The molecular formula is C8H9N7O3. The van der Waals surface area contributed by atoms with E-state index >= 15 is 0 Å². The van der Waals surface area contributed by atoms with E-state index in [0.29, 0.717) is 0 Å². The van der Waals surface area contributed by atoms with Gasteiger partial charge in [0.2, 0.25) is 0 Å². The Bertz CT molecular complexity index is 561. The Morgan fingerprint density at radius 1 is 1.50 bits per heavy atom. The van der Waals surface area contributed by atoms with Gasteiger partial charge in [0.1, 0.15) is 31.1 Å². The summed E-state index contributed by atoms with van der Waals surface area (Å²) in [7, 11) is 0. The number of hydrogen-bond acceptors (Lipinski definition) is 6. The van der Waals surface area contributed by atoms with Gasteiger partial charge in [0.15, 0.2) is 0 Å². The highest BCUT2D eigenvalue weighted by Gasteiger charge is 2.19. The predicted octanol–water partition coefficient (Wildman–Crippen LogP) is -0.286. The lowest BCUT2D eigenvalue weighted by molar-refractivity contribution is -0.385. The third kappa shape index (κ3) is 2.31. The van der Waals surface area contributed by atoms with Gasteiger partial charge in [0.25, 0.3) is 5.91 Å². The van der Waals surface area contributed by atoms with Crippen molar-refractivity contribution in [1.82, 2.24) is 24.7 Å². The first-order chi connectivity index (χ1) is 8.58. The molecule has 1 atom stereocenters. The van der Waals surface area contributed by atoms with Crippen molar-refractivity contribution in [3.8, 4) is 0 Å². The number of aromatic nitrogens is 5. The molecule has 2 rings (SSSR count). The zero-order valence-electron chi connectivity index (χ0n) is 9.29. The number of carbonyl (C=O) groups excluding carboxylic acids is 1. The summed E-state index contributed by atoms with van der Waals surface area (Å²) >= 11 is 0. The number of hydrogen-bond donors (Lipinski definition) is 1. The van der Waals surface area contributed by atoms with E-state index in [4.69, 9.17) is 0 Å². The molecule has 1 amide bonds. The Kier molecular flexibility index (Phi) is 3.00. The highest BCUT2D eigenvalue weighted by molar-refractivity contribution is 5.86. The smallest absolute Gasteiger partial charge is 0.271 e. The Balaban J connectivity index is 2.07. The normalized spacial score (nSPS) is 12.1. The summed E-state index contributed by atoms with van der Waals surface area (Å²) < 4.78 is 2.48. The van der Waals surface area contributed by atoms with Crippen LogP contribution in [0.3, 0.4) is 0 Å². The van der Waals surface area contributed by atoms with Crippen molar-refractivity contribution in [3.05, 3.63) is 35.2 Å². The summed E-state index contributed by atoms with van der Waals surface area (Å²) in [6.45, 7) is 1.57. The van der Waals surface area contributed by atoms with Crippen molar-refractivity contribution in [2.75, 3.05) is 5.43 Å². The molecule has 10 nitrogen and oxygen atoms in total. The maximum absolute atomic E-state index is 11.8. The van der Waals surface area contributed by atoms with Crippen molar-refractivity contribution < 1.29 is 9.72 Å². The highest BCUT2D eigenvalue weighted by Crippen LogP contribution is 2.12. The van der Waals surface area contributed by atoms with E-state index in [1.165, 1.54) is 28.2 Å². The van der Waals surface area contributed by atoms with Crippen LogP contribution in [0.15, 0.2) is 25.0 Å². The molecule has 2 aromatic heterocycles. The summed E-state index contributed by atoms with van der Waals surface area (Å²) in [6, 6.07) is -0.693. The summed E-state index contributed by atoms with van der Waals surface area (Å²) in [5.41, 5.74) is 2.31. The van der Waals surface area contributed by atoms with Crippen LogP contribution in [0.25, 0.3) is 0 Å². The van der Waals surface area contributed by atoms with Gasteiger partial charge < -0.3 is 0 Å². The minimum atomic E-state index is -0.693. The zero-order valence-corrected chi connectivity index (χ0v) is 9.29. The fourth-order valence-corrected chi connectivity index (χ4v) is 1.23. The quantitative estimate of drug-likeness (QED) is 0.588. The fourth-order valence-electron chi connectivity index (χ4n) is 1.23. The number of rotatable bonds is 4. The van der Waals surface area contributed by atoms with Gasteiger partial charge >= 0.3 is 5.69 Å². The minimum absolute atomic E-state index is 0.168. The van der Waals surface area contributed by atoms with E-state index < -0.39 is 16.9 Å². The van der Waals surface area contributed by atoms with Gasteiger partial charge in [-0.3, -0.25) is 25.0 Å². The van der Waals surface area contributed by atoms with E-state index in [2.05, 4.69) is 20.7 Å². The average Bonchev–Trinajstić information content (AvgIpc) is 2.98. The maximum atomic E-state index is 11.8. The molecule has 2 aromatic rings. The lowest BCUT2D eigenvalue weighted by Gasteiger charge is -2.11. The van der Waals surface area contributed by atoms with E-state index in [1.54, 1.807) is 6.92 Å². The van der Waals surface area contributed by atoms with Crippen LogP contribution in [0.1, 0.15) is 13.0 Å². The summed E-state index contributed by atoms with van der Waals surface area (Å²) in [5.74, 6) is -0.396. The Morgan fingerprint density at radius 3 is 2.72 bits per heavy atom. The molecule has 0 fully saturated rings. The Labute approximate surface area is 100 Å². The van der Waals surface area contributed by atoms with Crippen LogP contribution in [0.5, 0.6) is 0 Å². The third-order valence-electron chi connectivity index (χ3n) is 2.23. The number of amides is 1. The second-order valence-electron chi connectivity index (χ2n) is 3.46. The van der Waals surface area contributed by atoms with Gasteiger partial charge in [0, 0.05) is 0 Å². The fraction of sp³-hybridized carbons (Fsp3) is 0.250. The first kappa shape index (κ1) is 11.7. The number of nitrogens with zero attached hydrogens (tertiary/aromatic N) is 6. The SMILES string of the molecule is C[C@@H](C(=O)Nn1cnnc1)n1cc([N+](=O)[O-])cn1. The molecule has 0 saturated carbocycles. The molecule has 0 radical (unpaired) electrons. The van der Waals surface area contributed by atoms with Crippen molar-refractivity contribution in [2.24, 2.45) is 0 Å². The lowest BCUT2D eigenvalue weighted by Crippen LogP contribution is -2.29. The van der Waals surface area contributed by atoms with Crippen LogP contribution < -0.4 is 5.43 Å². The first-order valence-electron chi connectivity index (χ1n) is 4.92. The number of carbonyl (C=O) groups is 1. The second-order valence-corrected chi connectivity index (χ2v) is 3.46. The van der Waals surface area contributed by atoms with Crippen molar-refractivity contribution >= 4 is 11.6 Å². The number of nitrogens with one attached hydrogen (secondary N) is 1. The lowest BCUT2D eigenvalue weighted by atomic mass is 10.3. The molecule has 94 valence electrons. The van der Waals surface area contributed by atoms with E-state index in [-0.39, 0.29) is 5.69 Å². The van der Waals surface area contributed by atoms with Gasteiger partial charge in [-0.2, -0.15) is 5.10 Å². The minimum Gasteiger partial charge on any atom is -0.271 e. The van der Waals surface area contributed by atoms with Crippen LogP contribution in [-0.2, 0) is 4.79 Å². The standard InChI is InChI=1S/C8H9N7O3/c1-6(8(16)12-13-4-9-10-5-13)14-3-7(2-11-14)15(17)18/h2-6H,1H3,(H,12,16)/t6-/m0/s1. The van der Waals surface area contributed by atoms with Crippen LogP contribution >= 0.6 is 0 Å². The molecule has 0 aliphatic rings. The van der Waals surface area contributed by atoms with Gasteiger partial charge in [-0.05, 0) is 6.92 Å². The topological polar surface area (TPSA) is 121 Å². The molecule has 0 aromatic carbocycles. The summed E-state index contributed by atoms with van der Waals surface area (Å²) in [4.78, 5) is 21.7. The average molecular weight is 251 g/mol. The number of nitro groups is 1. The Hall–Kier alpha value is -2.78.